The van der Waals surface area contributed by atoms with Crippen molar-refractivity contribution in [1.82, 2.24) is 20.1 Å². The molecule has 0 radical (unpaired) electrons. The van der Waals surface area contributed by atoms with E-state index >= 15 is 0 Å². The molecule has 3 heterocycles. The molecule has 3 aromatic rings. The Balaban J connectivity index is 1.46. The van der Waals surface area contributed by atoms with Crippen molar-refractivity contribution < 1.29 is 9.21 Å². The van der Waals surface area contributed by atoms with Crippen molar-refractivity contribution in [1.29, 1.82) is 0 Å². The van der Waals surface area contributed by atoms with E-state index in [0.29, 0.717) is 6.42 Å². The molecule has 0 aliphatic carbocycles. The minimum Gasteiger partial charge on any atom is -0.464 e. The van der Waals surface area contributed by atoms with Gasteiger partial charge in [0.2, 0.25) is 5.91 Å². The van der Waals surface area contributed by atoms with Gasteiger partial charge >= 0.3 is 0 Å². The molecule has 0 fully saturated rings. The fraction of sp³-hybridized carbons (Fsp3) is 0.421. The van der Waals surface area contributed by atoms with Crippen molar-refractivity contribution in [2.45, 2.75) is 52.6 Å². The summed E-state index contributed by atoms with van der Waals surface area (Å²) in [6, 6.07) is 4.25. The lowest BCUT2D eigenvalue weighted by atomic mass is 10.0. The summed E-state index contributed by atoms with van der Waals surface area (Å²) >= 11 is 0. The third kappa shape index (κ3) is 2.92. The van der Waals surface area contributed by atoms with Crippen molar-refractivity contribution in [3.05, 3.63) is 46.7 Å². The number of carbonyl (C=O) groups excluding carboxylic acids is 1. The SMILES string of the molecule is Cc1cc2occ(CC(=O)N[C@H]3CCc4nnc(C)n4C3)c2cc1C. The number of hydrogen-bond donors (Lipinski definition) is 1. The first kappa shape index (κ1) is 15.9. The molecular weight excluding hydrogens is 316 g/mol. The quantitative estimate of drug-likeness (QED) is 0.797. The summed E-state index contributed by atoms with van der Waals surface area (Å²) in [5, 5.41) is 12.5. The van der Waals surface area contributed by atoms with E-state index in [1.54, 1.807) is 6.26 Å². The first-order chi connectivity index (χ1) is 12.0. The summed E-state index contributed by atoms with van der Waals surface area (Å²) < 4.78 is 7.72. The van der Waals surface area contributed by atoms with E-state index in [4.69, 9.17) is 4.42 Å². The van der Waals surface area contributed by atoms with Crippen molar-refractivity contribution in [3.63, 3.8) is 0 Å². The number of aromatic nitrogens is 3. The average Bonchev–Trinajstić information content (AvgIpc) is 3.13. The van der Waals surface area contributed by atoms with Crippen LogP contribution in [0.5, 0.6) is 0 Å². The number of benzene rings is 1. The molecule has 4 rings (SSSR count). The van der Waals surface area contributed by atoms with Gasteiger partial charge in [-0.05, 0) is 50.5 Å². The maximum atomic E-state index is 12.5. The zero-order chi connectivity index (χ0) is 17.6. The van der Waals surface area contributed by atoms with E-state index in [0.717, 1.165) is 47.6 Å². The molecule has 1 aromatic carbocycles. The van der Waals surface area contributed by atoms with Gasteiger partial charge in [-0.3, -0.25) is 4.79 Å². The van der Waals surface area contributed by atoms with E-state index in [-0.39, 0.29) is 11.9 Å². The van der Waals surface area contributed by atoms with Gasteiger partial charge in [-0.2, -0.15) is 0 Å². The van der Waals surface area contributed by atoms with Crippen LogP contribution in [0.2, 0.25) is 0 Å². The Labute approximate surface area is 146 Å². The number of rotatable bonds is 3. The van der Waals surface area contributed by atoms with Gasteiger partial charge in [0.1, 0.15) is 17.2 Å². The van der Waals surface area contributed by atoms with Crippen LogP contribution in [0.1, 0.15) is 34.8 Å². The average molecular weight is 338 g/mol. The first-order valence-corrected chi connectivity index (χ1v) is 8.66. The first-order valence-electron chi connectivity index (χ1n) is 8.66. The Hall–Kier alpha value is -2.63. The van der Waals surface area contributed by atoms with Crippen LogP contribution in [0.3, 0.4) is 0 Å². The van der Waals surface area contributed by atoms with Crippen LogP contribution in [-0.4, -0.2) is 26.7 Å². The molecule has 0 saturated carbocycles. The molecule has 1 aliphatic heterocycles. The van der Waals surface area contributed by atoms with E-state index in [1.165, 1.54) is 11.1 Å². The second-order valence-corrected chi connectivity index (χ2v) is 6.95. The lowest BCUT2D eigenvalue weighted by Gasteiger charge is -2.24. The van der Waals surface area contributed by atoms with Gasteiger partial charge in [-0.15, -0.1) is 10.2 Å². The normalized spacial score (nSPS) is 16.8. The highest BCUT2D eigenvalue weighted by atomic mass is 16.3. The van der Waals surface area contributed by atoms with Gasteiger partial charge in [-0.1, -0.05) is 0 Å². The van der Waals surface area contributed by atoms with Crippen molar-refractivity contribution in [3.8, 4) is 0 Å². The summed E-state index contributed by atoms with van der Waals surface area (Å²) in [4.78, 5) is 12.5. The van der Waals surface area contributed by atoms with Gasteiger partial charge < -0.3 is 14.3 Å². The summed E-state index contributed by atoms with van der Waals surface area (Å²) in [5.41, 5.74) is 4.18. The smallest absolute Gasteiger partial charge is 0.224 e. The van der Waals surface area contributed by atoms with Crippen LogP contribution >= 0.6 is 0 Å². The number of aryl methyl sites for hydroxylation is 4. The highest BCUT2D eigenvalue weighted by Crippen LogP contribution is 2.25. The fourth-order valence-corrected chi connectivity index (χ4v) is 3.50. The molecule has 0 spiro atoms. The third-order valence-corrected chi connectivity index (χ3v) is 5.12. The number of nitrogens with one attached hydrogen (secondary N) is 1. The molecule has 1 aliphatic rings. The van der Waals surface area contributed by atoms with E-state index in [9.17, 15) is 4.79 Å². The van der Waals surface area contributed by atoms with Crippen LogP contribution in [0, 0.1) is 20.8 Å². The fourth-order valence-electron chi connectivity index (χ4n) is 3.50. The zero-order valence-corrected chi connectivity index (χ0v) is 14.8. The zero-order valence-electron chi connectivity index (χ0n) is 14.8. The predicted octanol–water partition coefficient (Wildman–Crippen LogP) is 2.62. The molecule has 2 aromatic heterocycles. The van der Waals surface area contributed by atoms with Crippen molar-refractivity contribution in [2.75, 3.05) is 0 Å². The van der Waals surface area contributed by atoms with Gasteiger partial charge in [0.25, 0.3) is 0 Å². The highest BCUT2D eigenvalue weighted by molar-refractivity contribution is 5.88. The maximum absolute atomic E-state index is 12.5. The molecule has 1 amide bonds. The molecule has 0 unspecified atom stereocenters. The molecule has 25 heavy (non-hydrogen) atoms. The summed E-state index contributed by atoms with van der Waals surface area (Å²) in [6.07, 6.45) is 3.78. The van der Waals surface area contributed by atoms with Crippen LogP contribution in [-0.2, 0) is 24.2 Å². The molecule has 1 atom stereocenters. The van der Waals surface area contributed by atoms with Crippen LogP contribution in [0.25, 0.3) is 11.0 Å². The van der Waals surface area contributed by atoms with Gasteiger partial charge in [0.15, 0.2) is 0 Å². The van der Waals surface area contributed by atoms with Gasteiger partial charge in [0.05, 0.1) is 12.7 Å². The predicted molar refractivity (Wildman–Crippen MR) is 94.4 cm³/mol. The largest absolute Gasteiger partial charge is 0.464 e. The molecule has 0 bridgehead atoms. The number of amides is 1. The Morgan fingerprint density at radius 1 is 1.28 bits per heavy atom. The number of fused-ring (bicyclic) bond motifs is 2. The number of carbonyl (C=O) groups is 1. The Morgan fingerprint density at radius 3 is 2.92 bits per heavy atom. The molecule has 6 heteroatoms. The minimum absolute atomic E-state index is 0.0279. The molecular formula is C19H22N4O2. The monoisotopic (exact) mass is 338 g/mol. The Kier molecular flexibility index (Phi) is 3.82. The standard InChI is InChI=1S/C19H22N4O2/c1-11-6-16-14(10-25-17(16)7-12(11)2)8-19(24)20-15-4-5-18-22-21-13(3)23(18)9-15/h6-7,10,15H,4-5,8-9H2,1-3H3,(H,20,24)/t15-/m0/s1. The van der Waals surface area contributed by atoms with Gasteiger partial charge in [-0.25, -0.2) is 0 Å². The number of nitrogens with zero attached hydrogens (tertiary/aromatic N) is 3. The van der Waals surface area contributed by atoms with Crippen molar-refractivity contribution in [2.24, 2.45) is 0 Å². The van der Waals surface area contributed by atoms with Crippen LogP contribution in [0.4, 0.5) is 0 Å². The van der Waals surface area contributed by atoms with Crippen molar-refractivity contribution >= 4 is 16.9 Å². The molecule has 130 valence electrons. The van der Waals surface area contributed by atoms with E-state index in [2.05, 4.69) is 40.0 Å². The Bertz CT molecular complexity index is 954. The van der Waals surface area contributed by atoms with Crippen LogP contribution in [0.15, 0.2) is 22.8 Å². The van der Waals surface area contributed by atoms with E-state index < -0.39 is 0 Å². The highest BCUT2D eigenvalue weighted by Gasteiger charge is 2.23. The minimum atomic E-state index is 0.0279. The van der Waals surface area contributed by atoms with E-state index in [1.807, 2.05) is 13.0 Å². The molecule has 1 N–H and O–H groups in total. The van der Waals surface area contributed by atoms with Crippen LogP contribution < -0.4 is 5.32 Å². The summed E-state index contributed by atoms with van der Waals surface area (Å²) in [7, 11) is 0. The summed E-state index contributed by atoms with van der Waals surface area (Å²) in [6.45, 7) is 6.83. The lowest BCUT2D eigenvalue weighted by Crippen LogP contribution is -2.41. The molecule has 0 saturated heterocycles. The maximum Gasteiger partial charge on any atom is 0.224 e. The summed E-state index contributed by atoms with van der Waals surface area (Å²) in [5.74, 6) is 1.94. The topological polar surface area (TPSA) is 73.0 Å². The number of furan rings is 1. The second kappa shape index (κ2) is 6.02. The third-order valence-electron chi connectivity index (χ3n) is 5.12. The second-order valence-electron chi connectivity index (χ2n) is 6.95. The molecule has 6 nitrogen and oxygen atoms in total. The number of hydrogen-bond acceptors (Lipinski definition) is 4. The van der Waals surface area contributed by atoms with Gasteiger partial charge in [0, 0.05) is 30.0 Å². The lowest BCUT2D eigenvalue weighted by molar-refractivity contribution is -0.121. The Morgan fingerprint density at radius 2 is 2.08 bits per heavy atom.